The van der Waals surface area contributed by atoms with Crippen LogP contribution >= 0.6 is 15.9 Å². The van der Waals surface area contributed by atoms with E-state index in [2.05, 4.69) is 33.4 Å². The number of carbonyl (C=O) groups excluding carboxylic acids is 1. The lowest BCUT2D eigenvalue weighted by Gasteiger charge is -2.06. The summed E-state index contributed by atoms with van der Waals surface area (Å²) < 4.78 is 1.07. The molecule has 3 heteroatoms. The maximum atomic E-state index is 11.3. The first-order valence-corrected chi connectivity index (χ1v) is 6.64. The Hall–Kier alpha value is -1.61. The molecule has 2 aromatic carbocycles. The molecule has 0 atom stereocenters. The second-order valence-electron chi connectivity index (χ2n) is 3.99. The van der Waals surface area contributed by atoms with Gasteiger partial charge in [0.2, 0.25) is 5.91 Å². The fourth-order valence-electron chi connectivity index (χ4n) is 1.64. The molecule has 92 valence electrons. The second-order valence-corrected chi connectivity index (χ2v) is 4.90. The van der Waals surface area contributed by atoms with E-state index >= 15 is 0 Å². The van der Waals surface area contributed by atoms with Gasteiger partial charge in [0.05, 0.1) is 0 Å². The zero-order valence-electron chi connectivity index (χ0n) is 10.1. The first kappa shape index (κ1) is 12.8. The molecule has 0 aliphatic carbocycles. The van der Waals surface area contributed by atoms with Gasteiger partial charge in [-0.05, 0) is 35.4 Å². The van der Waals surface area contributed by atoms with E-state index in [1.54, 1.807) is 0 Å². The minimum atomic E-state index is 0.0337. The summed E-state index contributed by atoms with van der Waals surface area (Å²) in [5.41, 5.74) is 3.13. The highest BCUT2D eigenvalue weighted by molar-refractivity contribution is 9.10. The van der Waals surface area contributed by atoms with Crippen LogP contribution in [0.15, 0.2) is 53.0 Å². The molecule has 2 rings (SSSR count). The fraction of sp³-hybridized carbons (Fsp3) is 0.133. The van der Waals surface area contributed by atoms with Crippen molar-refractivity contribution in [2.75, 3.05) is 5.32 Å². The lowest BCUT2D eigenvalue weighted by molar-refractivity contribution is -0.115. The molecule has 0 fully saturated rings. The van der Waals surface area contributed by atoms with Crippen LogP contribution in [-0.2, 0) is 4.79 Å². The predicted molar refractivity (Wildman–Crippen MR) is 78.5 cm³/mol. The zero-order valence-corrected chi connectivity index (χ0v) is 11.7. The van der Waals surface area contributed by atoms with Gasteiger partial charge in [-0.25, -0.2) is 0 Å². The van der Waals surface area contributed by atoms with Crippen molar-refractivity contribution < 1.29 is 4.79 Å². The average molecular weight is 304 g/mol. The summed E-state index contributed by atoms with van der Waals surface area (Å²) in [6.45, 7) is 1.84. The lowest BCUT2D eigenvalue weighted by Crippen LogP contribution is -2.08. The van der Waals surface area contributed by atoms with E-state index in [9.17, 15) is 4.79 Å². The van der Waals surface area contributed by atoms with Gasteiger partial charge in [-0.2, -0.15) is 0 Å². The van der Waals surface area contributed by atoms with Gasteiger partial charge in [-0.1, -0.05) is 47.1 Å². The first-order chi connectivity index (χ1) is 8.69. The summed E-state index contributed by atoms with van der Waals surface area (Å²) in [5.74, 6) is 0.0337. The Labute approximate surface area is 115 Å². The normalized spacial score (nSPS) is 10.1. The Morgan fingerprint density at radius 3 is 2.00 bits per heavy atom. The molecule has 0 bridgehead atoms. The summed E-state index contributed by atoms with van der Waals surface area (Å²) in [6.07, 6.45) is 0.495. The number of hydrogen-bond donors (Lipinski definition) is 1. The highest BCUT2D eigenvalue weighted by atomic mass is 79.9. The molecule has 0 heterocycles. The molecule has 1 N–H and O–H groups in total. The van der Waals surface area contributed by atoms with Crippen LogP contribution in [0, 0.1) is 0 Å². The summed E-state index contributed by atoms with van der Waals surface area (Å²) in [7, 11) is 0. The van der Waals surface area contributed by atoms with Crippen molar-refractivity contribution in [2.45, 2.75) is 13.3 Å². The van der Waals surface area contributed by atoms with Gasteiger partial charge in [0, 0.05) is 16.6 Å². The first-order valence-electron chi connectivity index (χ1n) is 5.85. The third-order valence-electron chi connectivity index (χ3n) is 2.67. The Morgan fingerprint density at radius 2 is 1.50 bits per heavy atom. The van der Waals surface area contributed by atoms with Gasteiger partial charge >= 0.3 is 0 Å². The molecule has 18 heavy (non-hydrogen) atoms. The molecular weight excluding hydrogens is 290 g/mol. The third-order valence-corrected chi connectivity index (χ3v) is 3.20. The monoisotopic (exact) mass is 303 g/mol. The number of carbonyl (C=O) groups is 1. The topological polar surface area (TPSA) is 29.1 Å². The summed E-state index contributed by atoms with van der Waals surface area (Å²) in [5, 5.41) is 2.83. The SMILES string of the molecule is CCC(=O)Nc1ccc(-c2ccc(Br)cc2)cc1. The summed E-state index contributed by atoms with van der Waals surface area (Å²) in [4.78, 5) is 11.3. The smallest absolute Gasteiger partial charge is 0.224 e. The van der Waals surface area contributed by atoms with E-state index in [0.717, 1.165) is 21.3 Å². The van der Waals surface area contributed by atoms with Crippen LogP contribution in [0.25, 0.3) is 11.1 Å². The van der Waals surface area contributed by atoms with Crippen LogP contribution in [0.5, 0.6) is 0 Å². The van der Waals surface area contributed by atoms with Crippen LogP contribution < -0.4 is 5.32 Å². The van der Waals surface area contributed by atoms with Gasteiger partial charge in [0.1, 0.15) is 0 Å². The summed E-state index contributed by atoms with van der Waals surface area (Å²) >= 11 is 3.42. The Balaban J connectivity index is 2.17. The Bertz CT molecular complexity index is 531. The summed E-state index contributed by atoms with van der Waals surface area (Å²) in [6, 6.07) is 16.0. The van der Waals surface area contributed by atoms with E-state index in [-0.39, 0.29) is 5.91 Å². The van der Waals surface area contributed by atoms with Crippen LogP contribution in [0.1, 0.15) is 13.3 Å². The van der Waals surface area contributed by atoms with Crippen molar-refractivity contribution in [1.82, 2.24) is 0 Å². The van der Waals surface area contributed by atoms with Crippen molar-refractivity contribution in [3.8, 4) is 11.1 Å². The number of amides is 1. The number of rotatable bonds is 3. The van der Waals surface area contributed by atoms with E-state index in [0.29, 0.717) is 6.42 Å². The van der Waals surface area contributed by atoms with Crippen LogP contribution in [0.4, 0.5) is 5.69 Å². The van der Waals surface area contributed by atoms with Gasteiger partial charge in [0.25, 0.3) is 0 Å². The number of benzene rings is 2. The molecule has 0 saturated carbocycles. The molecule has 1 amide bonds. The molecule has 0 aliphatic heterocycles. The van der Waals surface area contributed by atoms with E-state index in [4.69, 9.17) is 0 Å². The van der Waals surface area contributed by atoms with Crippen LogP contribution in [0.2, 0.25) is 0 Å². The molecule has 0 spiro atoms. The van der Waals surface area contributed by atoms with E-state index in [1.165, 1.54) is 0 Å². The minimum absolute atomic E-state index is 0.0337. The number of halogens is 1. The molecule has 0 unspecified atom stereocenters. The maximum absolute atomic E-state index is 11.3. The van der Waals surface area contributed by atoms with Crippen molar-refractivity contribution in [3.63, 3.8) is 0 Å². The van der Waals surface area contributed by atoms with Crippen molar-refractivity contribution in [3.05, 3.63) is 53.0 Å². The van der Waals surface area contributed by atoms with Gasteiger partial charge in [0.15, 0.2) is 0 Å². The van der Waals surface area contributed by atoms with E-state index < -0.39 is 0 Å². The highest BCUT2D eigenvalue weighted by Crippen LogP contribution is 2.23. The van der Waals surface area contributed by atoms with Crippen molar-refractivity contribution in [2.24, 2.45) is 0 Å². The van der Waals surface area contributed by atoms with Crippen molar-refractivity contribution >= 4 is 27.5 Å². The lowest BCUT2D eigenvalue weighted by atomic mass is 10.1. The molecular formula is C15H14BrNO. The number of nitrogens with one attached hydrogen (secondary N) is 1. The highest BCUT2D eigenvalue weighted by Gasteiger charge is 2.00. The molecule has 0 aromatic heterocycles. The largest absolute Gasteiger partial charge is 0.326 e. The average Bonchev–Trinajstić information content (AvgIpc) is 2.40. The van der Waals surface area contributed by atoms with Gasteiger partial charge in [-0.3, -0.25) is 4.79 Å². The predicted octanol–water partition coefficient (Wildman–Crippen LogP) is 4.46. The number of hydrogen-bond acceptors (Lipinski definition) is 1. The molecule has 2 nitrogen and oxygen atoms in total. The quantitative estimate of drug-likeness (QED) is 0.891. The molecule has 2 aromatic rings. The number of anilines is 1. The van der Waals surface area contributed by atoms with Gasteiger partial charge < -0.3 is 5.32 Å². The second kappa shape index (κ2) is 5.83. The Kier molecular flexibility index (Phi) is 4.15. The van der Waals surface area contributed by atoms with Gasteiger partial charge in [-0.15, -0.1) is 0 Å². The molecule has 0 saturated heterocycles. The van der Waals surface area contributed by atoms with E-state index in [1.807, 2.05) is 43.3 Å². The molecule has 0 aliphatic rings. The third kappa shape index (κ3) is 3.20. The van der Waals surface area contributed by atoms with Crippen molar-refractivity contribution in [1.29, 1.82) is 0 Å². The Morgan fingerprint density at radius 1 is 1.00 bits per heavy atom. The zero-order chi connectivity index (χ0) is 13.0. The fourth-order valence-corrected chi connectivity index (χ4v) is 1.90. The molecule has 0 radical (unpaired) electrons. The van der Waals surface area contributed by atoms with Crippen LogP contribution in [0.3, 0.4) is 0 Å². The maximum Gasteiger partial charge on any atom is 0.224 e. The minimum Gasteiger partial charge on any atom is -0.326 e. The standard InChI is InChI=1S/C15H14BrNO/c1-2-15(18)17-14-9-5-12(6-10-14)11-3-7-13(16)8-4-11/h3-10H,2H2,1H3,(H,17,18). The van der Waals surface area contributed by atoms with Crippen LogP contribution in [-0.4, -0.2) is 5.91 Å².